The van der Waals surface area contributed by atoms with Gasteiger partial charge in [0, 0.05) is 4.88 Å². The Bertz CT molecular complexity index is 712. The minimum Gasteiger partial charge on any atom is -0.477 e. The van der Waals surface area contributed by atoms with E-state index in [1.165, 1.54) is 11.3 Å². The Labute approximate surface area is 121 Å². The summed E-state index contributed by atoms with van der Waals surface area (Å²) in [6, 6.07) is 9.83. The summed E-state index contributed by atoms with van der Waals surface area (Å²) in [7, 11) is -3.21. The topological polar surface area (TPSA) is 71.4 Å². The van der Waals surface area contributed by atoms with E-state index >= 15 is 0 Å². The Hall–Kier alpha value is -1.66. The Morgan fingerprint density at radius 2 is 1.80 bits per heavy atom. The third-order valence-corrected chi connectivity index (χ3v) is 5.85. The van der Waals surface area contributed by atoms with Crippen molar-refractivity contribution >= 4 is 27.1 Å². The molecule has 1 heterocycles. The molecule has 0 unspecified atom stereocenters. The molecule has 2 rings (SSSR count). The van der Waals surface area contributed by atoms with Crippen molar-refractivity contribution in [3.05, 3.63) is 41.3 Å². The van der Waals surface area contributed by atoms with Crippen LogP contribution in [0.1, 0.15) is 23.0 Å². The van der Waals surface area contributed by atoms with E-state index in [-0.39, 0.29) is 10.6 Å². The van der Waals surface area contributed by atoms with E-state index in [0.717, 1.165) is 10.4 Å². The van der Waals surface area contributed by atoms with Crippen molar-refractivity contribution in [2.45, 2.75) is 18.2 Å². The number of hydrogen-bond donors (Lipinski definition) is 1. The number of benzene rings is 1. The summed E-state index contributed by atoms with van der Waals surface area (Å²) in [4.78, 5) is 12.2. The van der Waals surface area contributed by atoms with Crippen LogP contribution < -0.4 is 0 Å². The lowest BCUT2D eigenvalue weighted by Crippen LogP contribution is -2.05. The SMILES string of the molecule is CCCS(=O)(=O)c1ccc(-c2ccc(C(=O)O)s2)cc1. The van der Waals surface area contributed by atoms with Gasteiger partial charge in [-0.2, -0.15) is 0 Å². The monoisotopic (exact) mass is 310 g/mol. The van der Waals surface area contributed by atoms with Gasteiger partial charge < -0.3 is 5.11 Å². The average molecular weight is 310 g/mol. The number of sulfone groups is 1. The van der Waals surface area contributed by atoms with E-state index in [9.17, 15) is 13.2 Å². The number of rotatable bonds is 5. The molecule has 20 heavy (non-hydrogen) atoms. The van der Waals surface area contributed by atoms with E-state index in [1.807, 2.05) is 6.92 Å². The molecular formula is C14H14O4S2. The second kappa shape index (κ2) is 5.76. The van der Waals surface area contributed by atoms with Crippen LogP contribution in [-0.4, -0.2) is 25.2 Å². The van der Waals surface area contributed by atoms with Crippen molar-refractivity contribution < 1.29 is 18.3 Å². The maximum atomic E-state index is 11.9. The third kappa shape index (κ3) is 3.08. The summed E-state index contributed by atoms with van der Waals surface area (Å²) >= 11 is 1.17. The Balaban J connectivity index is 2.30. The van der Waals surface area contributed by atoms with Gasteiger partial charge in [-0.3, -0.25) is 0 Å². The fraction of sp³-hybridized carbons (Fsp3) is 0.214. The number of hydrogen-bond acceptors (Lipinski definition) is 4. The van der Waals surface area contributed by atoms with E-state index in [4.69, 9.17) is 5.11 Å². The van der Waals surface area contributed by atoms with Crippen molar-refractivity contribution in [1.29, 1.82) is 0 Å². The molecule has 1 aromatic heterocycles. The lowest BCUT2D eigenvalue weighted by atomic mass is 10.2. The molecule has 6 heteroatoms. The largest absolute Gasteiger partial charge is 0.477 e. The zero-order chi connectivity index (χ0) is 14.8. The van der Waals surface area contributed by atoms with Gasteiger partial charge >= 0.3 is 5.97 Å². The van der Waals surface area contributed by atoms with Crippen LogP contribution in [0, 0.1) is 0 Å². The molecule has 0 saturated heterocycles. The van der Waals surface area contributed by atoms with Crippen molar-refractivity contribution in [1.82, 2.24) is 0 Å². The Kier molecular flexibility index (Phi) is 4.25. The summed E-state index contributed by atoms with van der Waals surface area (Å²) in [6.45, 7) is 1.82. The number of carboxylic acid groups (broad SMARTS) is 1. The lowest BCUT2D eigenvalue weighted by molar-refractivity contribution is 0.0702. The molecule has 0 radical (unpaired) electrons. The normalized spacial score (nSPS) is 11.4. The maximum Gasteiger partial charge on any atom is 0.345 e. The lowest BCUT2D eigenvalue weighted by Gasteiger charge is -2.03. The van der Waals surface area contributed by atoms with E-state index in [2.05, 4.69) is 0 Å². The van der Waals surface area contributed by atoms with Crippen molar-refractivity contribution in [2.24, 2.45) is 0 Å². The zero-order valence-corrected chi connectivity index (χ0v) is 12.5. The summed E-state index contributed by atoms with van der Waals surface area (Å²) in [5, 5.41) is 8.89. The van der Waals surface area contributed by atoms with Gasteiger partial charge in [-0.15, -0.1) is 11.3 Å². The van der Waals surface area contributed by atoms with Crippen molar-refractivity contribution in [2.75, 3.05) is 5.75 Å². The van der Waals surface area contributed by atoms with Crippen LogP contribution in [0.2, 0.25) is 0 Å². The predicted molar refractivity (Wildman–Crippen MR) is 79.1 cm³/mol. The molecule has 2 aromatic rings. The van der Waals surface area contributed by atoms with Crippen LogP contribution in [0.4, 0.5) is 0 Å². The number of carbonyl (C=O) groups is 1. The third-order valence-electron chi connectivity index (χ3n) is 2.79. The second-order valence-corrected chi connectivity index (χ2v) is 7.51. The number of aromatic carboxylic acids is 1. The first-order valence-electron chi connectivity index (χ1n) is 6.10. The van der Waals surface area contributed by atoms with Gasteiger partial charge in [-0.1, -0.05) is 19.1 Å². The number of carboxylic acids is 1. The van der Waals surface area contributed by atoms with Gasteiger partial charge in [0.2, 0.25) is 0 Å². The first-order valence-corrected chi connectivity index (χ1v) is 8.57. The Morgan fingerprint density at radius 3 is 2.30 bits per heavy atom. The molecule has 0 aliphatic rings. The first kappa shape index (κ1) is 14.7. The van der Waals surface area contributed by atoms with Crippen LogP contribution in [0.15, 0.2) is 41.3 Å². The fourth-order valence-corrected chi connectivity index (χ4v) is 4.00. The van der Waals surface area contributed by atoms with Gasteiger partial charge in [0.1, 0.15) is 4.88 Å². The van der Waals surface area contributed by atoms with E-state index < -0.39 is 15.8 Å². The van der Waals surface area contributed by atoms with Crippen molar-refractivity contribution in [3.63, 3.8) is 0 Å². The first-order chi connectivity index (χ1) is 9.44. The molecule has 0 amide bonds. The van der Waals surface area contributed by atoms with Crippen molar-refractivity contribution in [3.8, 4) is 10.4 Å². The van der Waals surface area contributed by atoms with Gasteiger partial charge in [0.05, 0.1) is 10.6 Å². The van der Waals surface area contributed by atoms with Gasteiger partial charge in [0.15, 0.2) is 9.84 Å². The van der Waals surface area contributed by atoms with E-state index in [1.54, 1.807) is 36.4 Å². The standard InChI is InChI=1S/C14H14O4S2/c1-2-9-20(17,18)11-5-3-10(4-6-11)12-7-8-13(19-12)14(15)16/h3-8H,2,9H2,1H3,(H,15,16). The highest BCUT2D eigenvalue weighted by atomic mass is 32.2. The average Bonchev–Trinajstić information content (AvgIpc) is 2.88. The molecule has 0 bridgehead atoms. The molecule has 0 atom stereocenters. The smallest absolute Gasteiger partial charge is 0.345 e. The molecule has 0 aliphatic heterocycles. The molecule has 0 aliphatic carbocycles. The summed E-state index contributed by atoms with van der Waals surface area (Å²) in [6.07, 6.45) is 0.580. The molecule has 0 saturated carbocycles. The van der Waals surface area contributed by atoms with Crippen LogP contribution in [0.3, 0.4) is 0 Å². The molecule has 106 valence electrons. The van der Waals surface area contributed by atoms with Crippen LogP contribution in [0.25, 0.3) is 10.4 Å². The molecule has 1 aromatic carbocycles. The van der Waals surface area contributed by atoms with E-state index in [0.29, 0.717) is 11.3 Å². The number of thiophene rings is 1. The summed E-state index contributed by atoms with van der Waals surface area (Å²) in [5.41, 5.74) is 0.818. The highest BCUT2D eigenvalue weighted by Crippen LogP contribution is 2.29. The summed E-state index contributed by atoms with van der Waals surface area (Å²) in [5.74, 6) is -0.822. The molecular weight excluding hydrogens is 296 g/mol. The quantitative estimate of drug-likeness (QED) is 0.919. The van der Waals surface area contributed by atoms with Crippen LogP contribution >= 0.6 is 11.3 Å². The highest BCUT2D eigenvalue weighted by molar-refractivity contribution is 7.91. The highest BCUT2D eigenvalue weighted by Gasteiger charge is 2.13. The minimum atomic E-state index is -3.21. The van der Waals surface area contributed by atoms with Crippen LogP contribution in [0.5, 0.6) is 0 Å². The fourth-order valence-electron chi connectivity index (χ4n) is 1.82. The summed E-state index contributed by atoms with van der Waals surface area (Å²) < 4.78 is 23.8. The molecule has 1 N–H and O–H groups in total. The predicted octanol–water partition coefficient (Wildman–Crippen LogP) is 3.30. The minimum absolute atomic E-state index is 0.133. The maximum absolute atomic E-state index is 11.9. The van der Waals surface area contributed by atoms with Gasteiger partial charge in [0.25, 0.3) is 0 Å². The Morgan fingerprint density at radius 1 is 1.15 bits per heavy atom. The molecule has 0 spiro atoms. The van der Waals surface area contributed by atoms with Gasteiger partial charge in [-0.05, 0) is 36.2 Å². The van der Waals surface area contributed by atoms with Crippen LogP contribution in [-0.2, 0) is 9.84 Å². The second-order valence-electron chi connectivity index (χ2n) is 4.31. The molecule has 4 nitrogen and oxygen atoms in total. The molecule has 0 fully saturated rings. The van der Waals surface area contributed by atoms with Gasteiger partial charge in [-0.25, -0.2) is 13.2 Å². The zero-order valence-electron chi connectivity index (χ0n) is 10.9.